The van der Waals surface area contributed by atoms with Gasteiger partial charge in [0.1, 0.15) is 4.83 Å². The number of aromatic nitrogens is 2. The van der Waals surface area contributed by atoms with Crippen molar-refractivity contribution in [3.63, 3.8) is 0 Å². The van der Waals surface area contributed by atoms with E-state index in [0.29, 0.717) is 6.04 Å². The Morgan fingerprint density at radius 3 is 2.69 bits per heavy atom. The second-order valence-electron chi connectivity index (χ2n) is 8.07. The Morgan fingerprint density at radius 1 is 1.24 bits per heavy atom. The van der Waals surface area contributed by atoms with Crippen LogP contribution in [0.3, 0.4) is 0 Å². The Morgan fingerprint density at radius 2 is 2.00 bits per heavy atom. The van der Waals surface area contributed by atoms with Gasteiger partial charge >= 0.3 is 0 Å². The number of unbranched alkanes of at least 4 members (excludes halogenated alkanes) is 1. The highest BCUT2D eigenvalue weighted by Gasteiger charge is 2.26. The molecule has 154 valence electrons. The maximum Gasteiger partial charge on any atom is 0.267 e. The topological polar surface area (TPSA) is 38.1 Å². The fourth-order valence-corrected chi connectivity index (χ4v) is 6.19. The molecular weight excluding hydrogens is 398 g/mol. The third-order valence-electron chi connectivity index (χ3n) is 5.62. The number of aryl methyl sites for hydroxylation is 1. The van der Waals surface area contributed by atoms with E-state index in [0.717, 1.165) is 59.2 Å². The smallest absolute Gasteiger partial charge is 0.267 e. The van der Waals surface area contributed by atoms with E-state index in [4.69, 9.17) is 4.98 Å². The van der Waals surface area contributed by atoms with Gasteiger partial charge in [-0.3, -0.25) is 14.3 Å². The Labute approximate surface area is 181 Å². The number of hydrogen-bond acceptors (Lipinski definition) is 5. The summed E-state index contributed by atoms with van der Waals surface area (Å²) < 4.78 is 1.84. The van der Waals surface area contributed by atoms with Crippen molar-refractivity contribution in [3.8, 4) is 5.69 Å². The van der Waals surface area contributed by atoms with E-state index >= 15 is 0 Å². The van der Waals surface area contributed by atoms with Gasteiger partial charge in [-0.25, -0.2) is 4.98 Å². The molecule has 1 aliphatic heterocycles. The molecule has 0 saturated heterocycles. The Balaban J connectivity index is 1.87. The van der Waals surface area contributed by atoms with Gasteiger partial charge in [0, 0.05) is 29.8 Å². The Hall–Kier alpha value is -1.63. The number of hydrogen-bond donors (Lipinski definition) is 0. The van der Waals surface area contributed by atoms with Crippen LogP contribution in [0.4, 0.5) is 0 Å². The Bertz CT molecular complexity index is 1070. The van der Waals surface area contributed by atoms with Crippen LogP contribution in [0.15, 0.2) is 34.2 Å². The lowest BCUT2D eigenvalue weighted by Crippen LogP contribution is -2.35. The average molecular weight is 428 g/mol. The second kappa shape index (κ2) is 8.62. The number of fused-ring (bicyclic) bond motifs is 3. The standard InChI is InChI=1S/C23H29N3OS2/c1-5-6-13-28-23-24-21-20(18-11-12-25(15(2)3)14-19(18)29-21)22(27)26(23)17-9-7-16(4)8-10-17/h7-10,15H,5-6,11-14H2,1-4H3. The second-order valence-corrected chi connectivity index (χ2v) is 10.2. The summed E-state index contributed by atoms with van der Waals surface area (Å²) in [6, 6.07) is 8.72. The fraction of sp³-hybridized carbons (Fsp3) is 0.478. The molecule has 3 heterocycles. The third-order valence-corrected chi connectivity index (χ3v) is 7.76. The molecule has 29 heavy (non-hydrogen) atoms. The molecule has 2 aromatic heterocycles. The Kier molecular flexibility index (Phi) is 6.13. The minimum absolute atomic E-state index is 0.0911. The monoisotopic (exact) mass is 427 g/mol. The van der Waals surface area contributed by atoms with E-state index in [1.54, 1.807) is 23.1 Å². The summed E-state index contributed by atoms with van der Waals surface area (Å²) in [6.07, 6.45) is 3.19. The summed E-state index contributed by atoms with van der Waals surface area (Å²) in [4.78, 5) is 23.4. The third kappa shape index (κ3) is 4.03. The predicted octanol–water partition coefficient (Wildman–Crippen LogP) is 5.41. The first-order valence-corrected chi connectivity index (χ1v) is 12.3. The molecule has 0 atom stereocenters. The molecule has 0 radical (unpaired) electrons. The van der Waals surface area contributed by atoms with E-state index in [9.17, 15) is 4.79 Å². The molecule has 1 aromatic carbocycles. The summed E-state index contributed by atoms with van der Waals surface area (Å²) in [6.45, 7) is 10.7. The first kappa shape index (κ1) is 20.6. The quantitative estimate of drug-likeness (QED) is 0.299. The molecule has 0 N–H and O–H groups in total. The molecule has 0 aliphatic carbocycles. The molecule has 0 bridgehead atoms. The van der Waals surface area contributed by atoms with Crippen molar-refractivity contribution in [2.24, 2.45) is 0 Å². The number of rotatable bonds is 6. The summed E-state index contributed by atoms with van der Waals surface area (Å²) in [5.74, 6) is 0.979. The van der Waals surface area contributed by atoms with E-state index in [1.165, 1.54) is 16.0 Å². The van der Waals surface area contributed by atoms with Crippen molar-refractivity contribution >= 4 is 33.3 Å². The maximum absolute atomic E-state index is 13.7. The van der Waals surface area contributed by atoms with Crippen LogP contribution >= 0.6 is 23.1 Å². The highest BCUT2D eigenvalue weighted by Crippen LogP contribution is 2.35. The molecule has 3 aromatic rings. The highest BCUT2D eigenvalue weighted by atomic mass is 32.2. The van der Waals surface area contributed by atoms with Gasteiger partial charge in [-0.05, 0) is 51.3 Å². The van der Waals surface area contributed by atoms with Crippen molar-refractivity contribution < 1.29 is 0 Å². The van der Waals surface area contributed by atoms with E-state index in [1.807, 2.05) is 16.7 Å². The lowest BCUT2D eigenvalue weighted by Gasteiger charge is -2.30. The first-order valence-electron chi connectivity index (χ1n) is 10.5. The predicted molar refractivity (Wildman–Crippen MR) is 125 cm³/mol. The largest absolute Gasteiger partial charge is 0.296 e. The SMILES string of the molecule is CCCCSc1nc2sc3c(c2c(=O)n1-c1ccc(C)cc1)CCN(C(C)C)C3. The van der Waals surface area contributed by atoms with Crippen LogP contribution in [0.2, 0.25) is 0 Å². The van der Waals surface area contributed by atoms with Gasteiger partial charge in [0.25, 0.3) is 5.56 Å². The molecule has 4 nitrogen and oxygen atoms in total. The molecule has 0 saturated carbocycles. The van der Waals surface area contributed by atoms with Crippen LogP contribution in [0.25, 0.3) is 15.9 Å². The molecule has 1 aliphatic rings. The van der Waals surface area contributed by atoms with Crippen molar-refractivity contribution in [2.75, 3.05) is 12.3 Å². The normalized spacial score (nSPS) is 14.7. The van der Waals surface area contributed by atoms with Gasteiger partial charge in [-0.1, -0.05) is 42.8 Å². The molecule has 0 amide bonds. The van der Waals surface area contributed by atoms with Gasteiger partial charge in [-0.2, -0.15) is 0 Å². The van der Waals surface area contributed by atoms with Crippen molar-refractivity contribution in [3.05, 3.63) is 50.6 Å². The van der Waals surface area contributed by atoms with E-state index in [-0.39, 0.29) is 5.56 Å². The van der Waals surface area contributed by atoms with E-state index < -0.39 is 0 Å². The number of nitrogens with zero attached hydrogens (tertiary/aromatic N) is 3. The maximum atomic E-state index is 13.7. The van der Waals surface area contributed by atoms with Crippen molar-refractivity contribution in [1.82, 2.24) is 14.5 Å². The van der Waals surface area contributed by atoms with Gasteiger partial charge in [0.15, 0.2) is 5.16 Å². The average Bonchev–Trinajstić information content (AvgIpc) is 3.07. The van der Waals surface area contributed by atoms with Gasteiger partial charge < -0.3 is 0 Å². The minimum atomic E-state index is 0.0911. The lowest BCUT2D eigenvalue weighted by atomic mass is 10.0. The van der Waals surface area contributed by atoms with Gasteiger partial charge in [0.05, 0.1) is 11.1 Å². The molecule has 6 heteroatoms. The van der Waals surface area contributed by atoms with Crippen LogP contribution in [0.1, 0.15) is 49.6 Å². The van der Waals surface area contributed by atoms with Gasteiger partial charge in [-0.15, -0.1) is 11.3 Å². The lowest BCUT2D eigenvalue weighted by molar-refractivity contribution is 0.206. The van der Waals surface area contributed by atoms with Crippen molar-refractivity contribution in [2.45, 2.75) is 64.7 Å². The van der Waals surface area contributed by atoms with E-state index in [2.05, 4.69) is 44.7 Å². The van der Waals surface area contributed by atoms with Crippen LogP contribution in [-0.2, 0) is 13.0 Å². The number of thioether (sulfide) groups is 1. The molecular formula is C23H29N3OS2. The number of thiophene rings is 1. The summed E-state index contributed by atoms with van der Waals surface area (Å²) in [5, 5.41) is 1.66. The molecule has 0 fully saturated rings. The fourth-order valence-electron chi connectivity index (χ4n) is 3.81. The van der Waals surface area contributed by atoms with Crippen LogP contribution in [0.5, 0.6) is 0 Å². The molecule has 0 unspecified atom stereocenters. The van der Waals surface area contributed by atoms with Crippen molar-refractivity contribution in [1.29, 1.82) is 0 Å². The van der Waals surface area contributed by atoms with Crippen LogP contribution in [0, 0.1) is 6.92 Å². The minimum Gasteiger partial charge on any atom is -0.296 e. The van der Waals surface area contributed by atoms with Crippen LogP contribution in [-0.4, -0.2) is 32.8 Å². The van der Waals surface area contributed by atoms with Crippen LogP contribution < -0.4 is 5.56 Å². The zero-order chi connectivity index (χ0) is 20.5. The summed E-state index contributed by atoms with van der Waals surface area (Å²) in [7, 11) is 0. The number of benzene rings is 1. The zero-order valence-electron chi connectivity index (χ0n) is 17.7. The molecule has 0 spiro atoms. The molecule has 4 rings (SSSR count). The zero-order valence-corrected chi connectivity index (χ0v) is 19.3. The highest BCUT2D eigenvalue weighted by molar-refractivity contribution is 7.99. The summed E-state index contributed by atoms with van der Waals surface area (Å²) in [5.41, 5.74) is 3.42. The van der Waals surface area contributed by atoms with Gasteiger partial charge in [0.2, 0.25) is 0 Å². The summed E-state index contributed by atoms with van der Waals surface area (Å²) >= 11 is 3.41. The first-order chi connectivity index (χ1) is 14.0.